The predicted molar refractivity (Wildman–Crippen MR) is 161 cm³/mol. The molecular formula is C30H28N4O5S2. The van der Waals surface area contributed by atoms with Gasteiger partial charge in [-0.3, -0.25) is 14.1 Å². The molecule has 1 aliphatic rings. The number of thiazole rings is 1. The number of hydrogen-bond donors (Lipinski definition) is 1. The summed E-state index contributed by atoms with van der Waals surface area (Å²) in [4.78, 5) is 23.6. The number of ether oxygens (including phenoxy) is 1. The Hall–Kier alpha value is -4.06. The zero-order chi connectivity index (χ0) is 28.9. The normalized spacial score (nSPS) is 13.3. The van der Waals surface area contributed by atoms with Crippen molar-refractivity contribution in [2.24, 2.45) is 0 Å². The van der Waals surface area contributed by atoms with Gasteiger partial charge in [0.2, 0.25) is 10.0 Å². The van der Waals surface area contributed by atoms with Crippen molar-refractivity contribution < 1.29 is 22.4 Å². The quantitative estimate of drug-likeness (QED) is 0.282. The molecule has 6 rings (SSSR count). The van der Waals surface area contributed by atoms with E-state index in [-0.39, 0.29) is 5.91 Å². The van der Waals surface area contributed by atoms with Crippen molar-refractivity contribution in [3.8, 4) is 33.0 Å². The number of nitrogens with one attached hydrogen (secondary N) is 1. The number of aryl methyl sites for hydroxylation is 1. The summed E-state index contributed by atoms with van der Waals surface area (Å²) in [5, 5.41) is 4.11. The molecule has 0 atom stereocenters. The Labute approximate surface area is 241 Å². The van der Waals surface area contributed by atoms with Gasteiger partial charge in [-0.15, -0.1) is 11.3 Å². The molecule has 5 aromatic rings. The molecule has 0 bridgehead atoms. The van der Waals surface area contributed by atoms with E-state index in [9.17, 15) is 13.2 Å². The van der Waals surface area contributed by atoms with Crippen LogP contribution < -0.4 is 9.62 Å². The van der Waals surface area contributed by atoms with Crippen LogP contribution >= 0.6 is 11.3 Å². The van der Waals surface area contributed by atoms with Crippen molar-refractivity contribution in [1.29, 1.82) is 0 Å². The standard InChI is InChI=1S/C30H28N4O5S2/c1-17-5-7-18(8-6-17)28-27(29(35)31-2)22-12-21(24(13-25(22)39-28)34(3)41(4,36)37)19-11-20(15-32-14-19)30-33-23-9-10-38-16-26(23)40-30/h5-8,11-15H,9-10,16H2,1-4H3,(H,31,35). The summed E-state index contributed by atoms with van der Waals surface area (Å²) in [6.45, 7) is 3.18. The molecule has 1 N–H and O–H groups in total. The first kappa shape index (κ1) is 27.1. The van der Waals surface area contributed by atoms with E-state index in [1.165, 1.54) is 11.4 Å². The number of aromatic nitrogens is 2. The smallest absolute Gasteiger partial charge is 0.255 e. The van der Waals surface area contributed by atoms with Gasteiger partial charge in [-0.05, 0) is 19.1 Å². The monoisotopic (exact) mass is 588 g/mol. The van der Waals surface area contributed by atoms with E-state index < -0.39 is 10.0 Å². The molecule has 0 unspecified atom stereocenters. The number of rotatable bonds is 6. The van der Waals surface area contributed by atoms with Crippen LogP contribution in [-0.4, -0.2) is 51.3 Å². The van der Waals surface area contributed by atoms with E-state index in [4.69, 9.17) is 14.1 Å². The van der Waals surface area contributed by atoms with Crippen molar-refractivity contribution >= 4 is 43.9 Å². The average Bonchev–Trinajstić information content (AvgIpc) is 3.57. The maximum atomic E-state index is 13.2. The minimum atomic E-state index is -3.63. The van der Waals surface area contributed by atoms with Gasteiger partial charge in [-0.25, -0.2) is 13.4 Å². The number of furan rings is 1. The molecule has 1 amide bonds. The van der Waals surface area contributed by atoms with Gasteiger partial charge in [0.15, 0.2) is 0 Å². The van der Waals surface area contributed by atoms with Crippen LogP contribution in [0.1, 0.15) is 26.5 Å². The van der Waals surface area contributed by atoms with Crippen LogP contribution in [0.3, 0.4) is 0 Å². The Morgan fingerprint density at radius 2 is 1.83 bits per heavy atom. The first-order valence-corrected chi connectivity index (χ1v) is 15.7. The molecule has 2 aromatic carbocycles. The van der Waals surface area contributed by atoms with Crippen LogP contribution in [0.25, 0.3) is 44.0 Å². The van der Waals surface area contributed by atoms with E-state index in [0.717, 1.165) is 44.9 Å². The number of fused-ring (bicyclic) bond motifs is 2. The van der Waals surface area contributed by atoms with Crippen molar-refractivity contribution in [2.75, 3.05) is 31.3 Å². The molecule has 0 fully saturated rings. The van der Waals surface area contributed by atoms with Gasteiger partial charge in [0, 0.05) is 66.6 Å². The van der Waals surface area contributed by atoms with Crippen LogP contribution in [0.2, 0.25) is 0 Å². The highest BCUT2D eigenvalue weighted by atomic mass is 32.2. The first-order chi connectivity index (χ1) is 19.6. The number of anilines is 1. The fourth-order valence-electron chi connectivity index (χ4n) is 4.91. The second-order valence-electron chi connectivity index (χ2n) is 10.0. The van der Waals surface area contributed by atoms with E-state index in [1.54, 1.807) is 42.9 Å². The Kier molecular flexibility index (Phi) is 6.88. The lowest BCUT2D eigenvalue weighted by atomic mass is 9.98. The predicted octanol–water partition coefficient (Wildman–Crippen LogP) is 5.42. The van der Waals surface area contributed by atoms with E-state index in [2.05, 4.69) is 10.3 Å². The summed E-state index contributed by atoms with van der Waals surface area (Å²) in [7, 11) is -0.569. The number of hydrogen-bond acceptors (Lipinski definition) is 8. The number of benzene rings is 2. The molecule has 11 heteroatoms. The average molecular weight is 589 g/mol. The summed E-state index contributed by atoms with van der Waals surface area (Å²) in [6.07, 6.45) is 5.34. The van der Waals surface area contributed by atoms with Gasteiger partial charge >= 0.3 is 0 Å². The van der Waals surface area contributed by atoms with Crippen LogP contribution in [0.5, 0.6) is 0 Å². The Balaban J connectivity index is 1.58. The molecule has 41 heavy (non-hydrogen) atoms. The summed E-state index contributed by atoms with van der Waals surface area (Å²) in [5.41, 5.74) is 6.11. The number of carbonyl (C=O) groups excluding carboxylic acids is 1. The molecule has 0 spiro atoms. The fourth-order valence-corrected chi connectivity index (χ4v) is 6.45. The summed E-state index contributed by atoms with van der Waals surface area (Å²) in [6, 6.07) is 13.1. The van der Waals surface area contributed by atoms with E-state index in [0.29, 0.717) is 52.3 Å². The van der Waals surface area contributed by atoms with Crippen LogP contribution in [-0.2, 0) is 27.8 Å². The molecule has 0 radical (unpaired) electrons. The van der Waals surface area contributed by atoms with Crippen LogP contribution in [0.15, 0.2) is 59.3 Å². The summed E-state index contributed by atoms with van der Waals surface area (Å²) in [5.74, 6) is 0.101. The molecule has 210 valence electrons. The number of amides is 1. The van der Waals surface area contributed by atoms with Gasteiger partial charge in [-0.2, -0.15) is 0 Å². The third-order valence-electron chi connectivity index (χ3n) is 7.20. The largest absolute Gasteiger partial charge is 0.455 e. The zero-order valence-corrected chi connectivity index (χ0v) is 24.6. The Morgan fingerprint density at radius 3 is 2.54 bits per heavy atom. The molecule has 0 saturated heterocycles. The van der Waals surface area contributed by atoms with Crippen molar-refractivity contribution in [1.82, 2.24) is 15.3 Å². The molecule has 0 saturated carbocycles. The van der Waals surface area contributed by atoms with Gasteiger partial charge < -0.3 is 14.5 Å². The van der Waals surface area contributed by atoms with E-state index in [1.807, 2.05) is 37.3 Å². The first-order valence-electron chi connectivity index (χ1n) is 13.0. The van der Waals surface area contributed by atoms with Crippen molar-refractivity contribution in [3.63, 3.8) is 0 Å². The van der Waals surface area contributed by atoms with Crippen molar-refractivity contribution in [3.05, 3.63) is 76.6 Å². The highest BCUT2D eigenvalue weighted by Gasteiger charge is 2.26. The van der Waals surface area contributed by atoms with Crippen LogP contribution in [0, 0.1) is 6.92 Å². The number of nitrogens with zero attached hydrogens (tertiary/aromatic N) is 3. The maximum absolute atomic E-state index is 13.2. The van der Waals surface area contributed by atoms with Gasteiger partial charge in [0.1, 0.15) is 16.4 Å². The van der Waals surface area contributed by atoms with Crippen molar-refractivity contribution in [2.45, 2.75) is 20.0 Å². The number of carbonyl (C=O) groups is 1. The van der Waals surface area contributed by atoms with Gasteiger partial charge in [0.05, 0.1) is 41.3 Å². The number of pyridine rings is 1. The highest BCUT2D eigenvalue weighted by Crippen LogP contribution is 2.42. The minimum Gasteiger partial charge on any atom is -0.455 e. The van der Waals surface area contributed by atoms with E-state index >= 15 is 0 Å². The fraction of sp³-hybridized carbons (Fsp3) is 0.233. The second-order valence-corrected chi connectivity index (χ2v) is 13.1. The molecule has 4 heterocycles. The highest BCUT2D eigenvalue weighted by molar-refractivity contribution is 7.92. The Bertz CT molecular complexity index is 1890. The molecule has 0 aliphatic carbocycles. The lowest BCUT2D eigenvalue weighted by Gasteiger charge is -2.20. The minimum absolute atomic E-state index is 0.308. The third-order valence-corrected chi connectivity index (χ3v) is 9.51. The molecule has 1 aliphatic heterocycles. The second kappa shape index (κ2) is 10.4. The Morgan fingerprint density at radius 1 is 1.07 bits per heavy atom. The zero-order valence-electron chi connectivity index (χ0n) is 23.0. The van der Waals surface area contributed by atoms with Gasteiger partial charge in [-0.1, -0.05) is 29.8 Å². The molecular weight excluding hydrogens is 560 g/mol. The topological polar surface area (TPSA) is 115 Å². The van der Waals surface area contributed by atoms with Gasteiger partial charge in [0.25, 0.3) is 5.91 Å². The SMILES string of the molecule is CNC(=O)c1c(-c2ccc(C)cc2)oc2cc(N(C)S(C)(=O)=O)c(-c3cncc(-c4nc5c(s4)COCC5)c3)cc12. The molecule has 9 nitrogen and oxygen atoms in total. The van der Waals surface area contributed by atoms with Crippen LogP contribution in [0.4, 0.5) is 5.69 Å². The number of sulfonamides is 1. The summed E-state index contributed by atoms with van der Waals surface area (Å²) >= 11 is 1.57. The maximum Gasteiger partial charge on any atom is 0.255 e. The lowest BCUT2D eigenvalue weighted by Crippen LogP contribution is -2.25. The lowest BCUT2D eigenvalue weighted by molar-refractivity contribution is 0.0964. The third kappa shape index (κ3) is 5.01. The summed E-state index contributed by atoms with van der Waals surface area (Å²) < 4.78 is 38.5. The molecule has 3 aromatic heterocycles.